The van der Waals surface area contributed by atoms with Gasteiger partial charge in [-0.05, 0) is 31.8 Å². The molecule has 1 fully saturated rings. The van der Waals surface area contributed by atoms with Crippen molar-refractivity contribution in [2.45, 2.75) is 32.3 Å². The Kier molecular flexibility index (Phi) is 7.97. The van der Waals surface area contributed by atoms with Crippen molar-refractivity contribution in [2.75, 3.05) is 39.4 Å². The number of azide groups is 1. The Bertz CT molecular complexity index is 318. The summed E-state index contributed by atoms with van der Waals surface area (Å²) in [4.78, 5) is 16.2. The van der Waals surface area contributed by atoms with Crippen LogP contribution >= 0.6 is 0 Å². The molecule has 1 aliphatic rings. The highest BCUT2D eigenvalue weighted by Gasteiger charge is 2.19. The number of morpholine rings is 1. The maximum Gasteiger partial charge on any atom is 0.305 e. The van der Waals surface area contributed by atoms with Gasteiger partial charge in [-0.3, -0.25) is 9.69 Å². The molecule has 108 valence electrons. The average molecular weight is 270 g/mol. The van der Waals surface area contributed by atoms with Crippen molar-refractivity contribution in [1.82, 2.24) is 4.90 Å². The molecule has 0 saturated carbocycles. The molecule has 0 amide bonds. The van der Waals surface area contributed by atoms with E-state index in [1.165, 1.54) is 0 Å². The van der Waals surface area contributed by atoms with Crippen molar-refractivity contribution in [2.24, 2.45) is 5.11 Å². The van der Waals surface area contributed by atoms with Crippen LogP contribution in [0, 0.1) is 0 Å². The lowest BCUT2D eigenvalue weighted by Gasteiger charge is -2.32. The summed E-state index contributed by atoms with van der Waals surface area (Å²) in [5.74, 6) is -0.120. The summed E-state index contributed by atoms with van der Waals surface area (Å²) < 4.78 is 10.4. The molecule has 0 aromatic heterocycles. The number of nitrogens with zero attached hydrogens (tertiary/aromatic N) is 4. The highest BCUT2D eigenvalue weighted by Crippen LogP contribution is 2.08. The van der Waals surface area contributed by atoms with Gasteiger partial charge >= 0.3 is 5.97 Å². The normalized spacial score (nSPS) is 19.7. The average Bonchev–Trinajstić information content (AvgIpc) is 2.42. The molecule has 1 rings (SSSR count). The summed E-state index contributed by atoms with van der Waals surface area (Å²) in [6.07, 6.45) is 2.29. The Morgan fingerprint density at radius 3 is 3.16 bits per heavy atom. The number of carbonyl (C=O) groups excluding carboxylic acids is 1. The van der Waals surface area contributed by atoms with E-state index in [0.717, 1.165) is 32.5 Å². The lowest BCUT2D eigenvalue weighted by atomic mass is 10.2. The van der Waals surface area contributed by atoms with Crippen LogP contribution in [0.3, 0.4) is 0 Å². The van der Waals surface area contributed by atoms with Crippen LogP contribution in [0.5, 0.6) is 0 Å². The summed E-state index contributed by atoms with van der Waals surface area (Å²) in [6.45, 7) is 5.94. The molecular weight excluding hydrogens is 248 g/mol. The molecule has 7 nitrogen and oxygen atoms in total. The summed E-state index contributed by atoms with van der Waals surface area (Å²) in [6, 6.07) is 0. The van der Waals surface area contributed by atoms with E-state index in [4.69, 9.17) is 15.0 Å². The number of unbranched alkanes of at least 4 members (excludes halogenated alkanes) is 1. The topological polar surface area (TPSA) is 87.5 Å². The molecule has 0 N–H and O–H groups in total. The van der Waals surface area contributed by atoms with E-state index in [0.29, 0.717) is 26.2 Å². The lowest BCUT2D eigenvalue weighted by Crippen LogP contribution is -2.44. The minimum Gasteiger partial charge on any atom is -0.466 e. The van der Waals surface area contributed by atoms with Gasteiger partial charge in [0.1, 0.15) is 0 Å². The van der Waals surface area contributed by atoms with Crippen molar-refractivity contribution in [1.29, 1.82) is 0 Å². The van der Waals surface area contributed by atoms with Crippen LogP contribution in [0.25, 0.3) is 10.4 Å². The number of hydrogen-bond acceptors (Lipinski definition) is 5. The van der Waals surface area contributed by atoms with Crippen LogP contribution in [-0.4, -0.2) is 56.4 Å². The van der Waals surface area contributed by atoms with Gasteiger partial charge in [-0.1, -0.05) is 5.11 Å². The van der Waals surface area contributed by atoms with Crippen molar-refractivity contribution in [3.05, 3.63) is 10.4 Å². The van der Waals surface area contributed by atoms with Gasteiger partial charge in [0.25, 0.3) is 0 Å². The molecule has 1 aliphatic heterocycles. The van der Waals surface area contributed by atoms with Gasteiger partial charge in [-0.25, -0.2) is 0 Å². The molecule has 0 unspecified atom stereocenters. The molecule has 1 heterocycles. The molecule has 0 aromatic carbocycles. The van der Waals surface area contributed by atoms with Gasteiger partial charge in [0.2, 0.25) is 0 Å². The fourth-order valence-electron chi connectivity index (χ4n) is 2.06. The van der Waals surface area contributed by atoms with Crippen molar-refractivity contribution in [3.8, 4) is 0 Å². The zero-order valence-electron chi connectivity index (χ0n) is 11.5. The number of esters is 1. The van der Waals surface area contributed by atoms with Gasteiger partial charge in [0.05, 0.1) is 25.9 Å². The van der Waals surface area contributed by atoms with E-state index in [-0.39, 0.29) is 12.1 Å². The molecule has 0 aromatic rings. The summed E-state index contributed by atoms with van der Waals surface area (Å²) in [5.41, 5.74) is 8.28. The van der Waals surface area contributed by atoms with E-state index in [1.54, 1.807) is 0 Å². The van der Waals surface area contributed by atoms with Crippen LogP contribution in [-0.2, 0) is 14.3 Å². The monoisotopic (exact) mass is 270 g/mol. The van der Waals surface area contributed by atoms with Gasteiger partial charge in [-0.15, -0.1) is 0 Å². The number of carbonyl (C=O) groups is 1. The standard InChI is InChI=1S/C12H22N4O3/c1-2-18-12(17)5-3-4-6-16-7-8-19-11(10-16)9-14-15-13/h11H,2-10H2,1H3/t11-/m0/s1. The molecule has 0 bridgehead atoms. The van der Waals surface area contributed by atoms with Gasteiger partial charge in [0, 0.05) is 24.4 Å². The zero-order valence-corrected chi connectivity index (χ0v) is 11.5. The molecule has 7 heteroatoms. The smallest absolute Gasteiger partial charge is 0.305 e. The number of ether oxygens (including phenoxy) is 2. The van der Waals surface area contributed by atoms with Crippen LogP contribution in [0.4, 0.5) is 0 Å². The third kappa shape index (κ3) is 7.00. The van der Waals surface area contributed by atoms with Crippen LogP contribution in [0.2, 0.25) is 0 Å². The first-order valence-corrected chi connectivity index (χ1v) is 6.76. The largest absolute Gasteiger partial charge is 0.466 e. The third-order valence-corrected chi connectivity index (χ3v) is 2.98. The van der Waals surface area contributed by atoms with Crippen LogP contribution < -0.4 is 0 Å². The second-order valence-corrected chi connectivity index (χ2v) is 4.47. The molecular formula is C12H22N4O3. The second kappa shape index (κ2) is 9.61. The fraction of sp³-hybridized carbons (Fsp3) is 0.917. The first-order valence-electron chi connectivity index (χ1n) is 6.76. The predicted molar refractivity (Wildman–Crippen MR) is 70.7 cm³/mol. The Morgan fingerprint density at radius 2 is 2.42 bits per heavy atom. The van der Waals surface area contributed by atoms with E-state index in [1.807, 2.05) is 6.92 Å². The van der Waals surface area contributed by atoms with E-state index in [2.05, 4.69) is 14.9 Å². The zero-order chi connectivity index (χ0) is 13.9. The van der Waals surface area contributed by atoms with Gasteiger partial charge in [0.15, 0.2) is 0 Å². The Balaban J connectivity index is 2.11. The molecule has 1 atom stereocenters. The van der Waals surface area contributed by atoms with E-state index >= 15 is 0 Å². The first kappa shape index (κ1) is 15.8. The molecule has 1 saturated heterocycles. The quantitative estimate of drug-likeness (QED) is 0.221. The minimum atomic E-state index is -0.120. The van der Waals surface area contributed by atoms with Crippen molar-refractivity contribution >= 4 is 5.97 Å². The highest BCUT2D eigenvalue weighted by atomic mass is 16.5. The summed E-state index contributed by atoms with van der Waals surface area (Å²) in [5, 5.41) is 3.54. The van der Waals surface area contributed by atoms with Crippen LogP contribution in [0.1, 0.15) is 26.2 Å². The molecule has 19 heavy (non-hydrogen) atoms. The predicted octanol–water partition coefficient (Wildman–Crippen LogP) is 1.73. The van der Waals surface area contributed by atoms with Crippen molar-refractivity contribution < 1.29 is 14.3 Å². The van der Waals surface area contributed by atoms with Gasteiger partial charge < -0.3 is 9.47 Å². The SMILES string of the molecule is CCOC(=O)CCCCN1CCO[C@@H](CN=[N+]=[N-])C1. The molecule has 0 radical (unpaired) electrons. The molecule has 0 spiro atoms. The van der Waals surface area contributed by atoms with Crippen molar-refractivity contribution in [3.63, 3.8) is 0 Å². The second-order valence-electron chi connectivity index (χ2n) is 4.47. The summed E-state index contributed by atoms with van der Waals surface area (Å²) >= 11 is 0. The Hall–Kier alpha value is -1.30. The summed E-state index contributed by atoms with van der Waals surface area (Å²) in [7, 11) is 0. The Morgan fingerprint density at radius 1 is 1.58 bits per heavy atom. The van der Waals surface area contributed by atoms with E-state index < -0.39 is 0 Å². The Labute approximate surface area is 113 Å². The minimum absolute atomic E-state index is 0.00490. The third-order valence-electron chi connectivity index (χ3n) is 2.98. The van der Waals surface area contributed by atoms with E-state index in [9.17, 15) is 4.79 Å². The maximum absolute atomic E-state index is 11.2. The number of hydrogen-bond donors (Lipinski definition) is 0. The maximum atomic E-state index is 11.2. The highest BCUT2D eigenvalue weighted by molar-refractivity contribution is 5.69. The van der Waals surface area contributed by atoms with Gasteiger partial charge in [-0.2, -0.15) is 0 Å². The lowest BCUT2D eigenvalue weighted by molar-refractivity contribution is -0.143. The fourth-order valence-corrected chi connectivity index (χ4v) is 2.06. The number of rotatable bonds is 8. The van der Waals surface area contributed by atoms with Crippen LogP contribution in [0.15, 0.2) is 5.11 Å². The first-order chi connectivity index (χ1) is 9.26. The molecule has 0 aliphatic carbocycles.